The fourth-order valence-corrected chi connectivity index (χ4v) is 6.11. The molecule has 0 spiro atoms. The number of nitrogens with one attached hydrogen (secondary N) is 1. The first-order chi connectivity index (χ1) is 14.4. The van der Waals surface area contributed by atoms with Crippen LogP contribution in [0.15, 0.2) is 12.4 Å². The monoisotopic (exact) mass is 439 g/mol. The third-order valence-corrected chi connectivity index (χ3v) is 7.55. The number of rotatable bonds is 3. The summed E-state index contributed by atoms with van der Waals surface area (Å²) in [5.41, 5.74) is 0. The van der Waals surface area contributed by atoms with Gasteiger partial charge in [0.05, 0.1) is 17.8 Å². The Hall–Kier alpha value is -1.94. The molecule has 0 radical (unpaired) electrons. The lowest BCUT2D eigenvalue weighted by molar-refractivity contribution is -0.135. The summed E-state index contributed by atoms with van der Waals surface area (Å²) in [4.78, 5) is 26.4. The molecule has 1 amide bonds. The average molecular weight is 440 g/mol. The third-order valence-electron chi connectivity index (χ3n) is 6.50. The molecule has 0 aromatic carbocycles. The van der Waals surface area contributed by atoms with E-state index in [2.05, 4.69) is 20.2 Å². The Bertz CT molecular complexity index is 942. The molecule has 1 N–H and O–H groups in total. The zero-order valence-electron chi connectivity index (χ0n) is 16.5. The largest absolute Gasteiger partial charge is 0.393 e. The molecule has 3 aliphatic heterocycles. The van der Waals surface area contributed by atoms with E-state index in [9.17, 15) is 18.0 Å². The Balaban J connectivity index is 1.32. The van der Waals surface area contributed by atoms with Crippen LogP contribution in [0.5, 0.6) is 0 Å². The quantitative estimate of drug-likeness (QED) is 0.797. The smallest absolute Gasteiger partial charge is 0.355 e. The molecule has 5 heterocycles. The molecule has 162 valence electrons. The van der Waals surface area contributed by atoms with E-state index in [0.717, 1.165) is 69.1 Å². The molecular formula is C20H24F3N5OS. The minimum atomic E-state index is -4.23. The summed E-state index contributed by atoms with van der Waals surface area (Å²) < 4.78 is 38.4. The molecule has 0 saturated carbocycles. The summed E-state index contributed by atoms with van der Waals surface area (Å²) in [6, 6.07) is 1.55. The number of thiophene rings is 1. The van der Waals surface area contributed by atoms with E-state index >= 15 is 0 Å². The maximum absolute atomic E-state index is 12.8. The summed E-state index contributed by atoms with van der Waals surface area (Å²) in [6.07, 6.45) is -0.824. The first kappa shape index (κ1) is 20.0. The molecule has 6 nitrogen and oxygen atoms in total. The molecule has 0 aliphatic carbocycles. The van der Waals surface area contributed by atoms with Crippen LogP contribution in [-0.2, 0) is 11.2 Å². The highest BCUT2D eigenvalue weighted by atomic mass is 32.1. The highest BCUT2D eigenvalue weighted by Crippen LogP contribution is 2.38. The van der Waals surface area contributed by atoms with Gasteiger partial charge in [0.2, 0.25) is 5.91 Å². The number of hydrogen-bond donors (Lipinski definition) is 1. The molecule has 10 heteroatoms. The van der Waals surface area contributed by atoms with E-state index < -0.39 is 12.6 Å². The highest BCUT2D eigenvalue weighted by Gasteiger charge is 2.40. The minimum absolute atomic E-state index is 0.0431. The number of alkyl halides is 3. The number of anilines is 1. The second-order valence-electron chi connectivity index (χ2n) is 8.57. The van der Waals surface area contributed by atoms with Gasteiger partial charge in [0.15, 0.2) is 0 Å². The Morgan fingerprint density at radius 3 is 2.80 bits per heavy atom. The molecular weight excluding hydrogens is 415 g/mol. The van der Waals surface area contributed by atoms with E-state index in [4.69, 9.17) is 0 Å². The lowest BCUT2D eigenvalue weighted by atomic mass is 9.88. The number of amides is 1. The average Bonchev–Trinajstić information content (AvgIpc) is 3.43. The number of carbonyl (C=O) groups is 1. The van der Waals surface area contributed by atoms with Crippen LogP contribution < -0.4 is 10.2 Å². The number of piperidine rings is 1. The van der Waals surface area contributed by atoms with Crippen LogP contribution in [0.1, 0.15) is 24.1 Å². The summed E-state index contributed by atoms with van der Waals surface area (Å²) in [5.74, 6) is 1.77. The van der Waals surface area contributed by atoms with E-state index in [1.165, 1.54) is 6.33 Å². The van der Waals surface area contributed by atoms with Gasteiger partial charge in [0, 0.05) is 31.1 Å². The first-order valence-corrected chi connectivity index (χ1v) is 11.3. The zero-order valence-corrected chi connectivity index (χ0v) is 17.3. The Kier molecular flexibility index (Phi) is 5.09. The molecule has 3 aliphatic rings. The number of likely N-dealkylation sites (tertiary alicyclic amines) is 1. The Morgan fingerprint density at radius 2 is 2.03 bits per heavy atom. The van der Waals surface area contributed by atoms with Gasteiger partial charge >= 0.3 is 6.18 Å². The first-order valence-electron chi connectivity index (χ1n) is 10.4. The van der Waals surface area contributed by atoms with E-state index in [1.54, 1.807) is 6.07 Å². The predicted octanol–water partition coefficient (Wildman–Crippen LogP) is 2.83. The lowest BCUT2D eigenvalue weighted by Crippen LogP contribution is -2.49. The Morgan fingerprint density at radius 1 is 1.20 bits per heavy atom. The zero-order chi connectivity index (χ0) is 20.9. The summed E-state index contributed by atoms with van der Waals surface area (Å²) in [5, 5.41) is 3.99. The van der Waals surface area contributed by atoms with Crippen molar-refractivity contribution in [1.29, 1.82) is 0 Å². The summed E-state index contributed by atoms with van der Waals surface area (Å²) in [6.45, 7) is 4.02. The van der Waals surface area contributed by atoms with Crippen LogP contribution in [-0.4, -0.2) is 65.7 Å². The molecule has 0 unspecified atom stereocenters. The van der Waals surface area contributed by atoms with E-state index in [0.29, 0.717) is 22.1 Å². The van der Waals surface area contributed by atoms with Crippen molar-refractivity contribution in [3.05, 3.63) is 17.3 Å². The van der Waals surface area contributed by atoms with Gasteiger partial charge in [-0.1, -0.05) is 0 Å². The van der Waals surface area contributed by atoms with Gasteiger partial charge in [-0.25, -0.2) is 9.97 Å². The van der Waals surface area contributed by atoms with Crippen molar-refractivity contribution in [1.82, 2.24) is 20.2 Å². The number of hydrogen-bond acceptors (Lipinski definition) is 6. The van der Waals surface area contributed by atoms with Gasteiger partial charge in [-0.05, 0) is 43.7 Å². The van der Waals surface area contributed by atoms with Crippen LogP contribution in [0.4, 0.5) is 19.0 Å². The van der Waals surface area contributed by atoms with Crippen molar-refractivity contribution in [2.75, 3.05) is 37.6 Å². The van der Waals surface area contributed by atoms with Gasteiger partial charge in [-0.2, -0.15) is 13.2 Å². The number of halogens is 3. The van der Waals surface area contributed by atoms with Crippen LogP contribution >= 0.6 is 11.3 Å². The van der Waals surface area contributed by atoms with Crippen molar-refractivity contribution in [3.8, 4) is 0 Å². The second-order valence-corrected chi connectivity index (χ2v) is 9.68. The maximum atomic E-state index is 12.8. The van der Waals surface area contributed by atoms with Gasteiger partial charge in [-0.15, -0.1) is 11.3 Å². The van der Waals surface area contributed by atoms with Crippen LogP contribution in [0.25, 0.3) is 10.2 Å². The van der Waals surface area contributed by atoms with E-state index in [1.807, 2.05) is 4.90 Å². The standard InChI is InChI=1S/C20H24F3N5OS/c21-20(22,23)7-14-6-15-17(25-11-26-18(15)30-14)28-8-12-3-5-27(9-13(12)10-28)19(29)16-2-1-4-24-16/h6,11-13,16,24H,1-5,7-10H2/t12-,13+,16+/m1/s1. The van der Waals surface area contributed by atoms with Gasteiger partial charge in [0.1, 0.15) is 17.0 Å². The third kappa shape index (κ3) is 3.87. The molecule has 0 bridgehead atoms. The molecule has 3 saturated heterocycles. The molecule has 30 heavy (non-hydrogen) atoms. The second kappa shape index (κ2) is 7.64. The normalized spacial score (nSPS) is 27.1. The fraction of sp³-hybridized carbons (Fsp3) is 0.650. The van der Waals surface area contributed by atoms with Gasteiger partial charge in [0.25, 0.3) is 0 Å². The van der Waals surface area contributed by atoms with Crippen LogP contribution in [0, 0.1) is 11.8 Å². The predicted molar refractivity (Wildman–Crippen MR) is 109 cm³/mol. The van der Waals surface area contributed by atoms with Crippen molar-refractivity contribution in [2.24, 2.45) is 11.8 Å². The van der Waals surface area contributed by atoms with Crippen LogP contribution in [0.3, 0.4) is 0 Å². The fourth-order valence-electron chi connectivity index (χ4n) is 5.09. The number of carbonyl (C=O) groups excluding carboxylic acids is 1. The topological polar surface area (TPSA) is 61.4 Å². The molecule has 3 atom stereocenters. The maximum Gasteiger partial charge on any atom is 0.393 e. The van der Waals surface area contributed by atoms with Crippen molar-refractivity contribution < 1.29 is 18.0 Å². The van der Waals surface area contributed by atoms with E-state index in [-0.39, 0.29) is 16.8 Å². The molecule has 5 rings (SSSR count). The minimum Gasteiger partial charge on any atom is -0.355 e. The lowest BCUT2D eigenvalue weighted by Gasteiger charge is -2.35. The summed E-state index contributed by atoms with van der Waals surface area (Å²) in [7, 11) is 0. The van der Waals surface area contributed by atoms with Gasteiger partial charge < -0.3 is 15.1 Å². The Labute approximate surface area is 176 Å². The van der Waals surface area contributed by atoms with Crippen LogP contribution in [0.2, 0.25) is 0 Å². The van der Waals surface area contributed by atoms with Crippen molar-refractivity contribution >= 4 is 33.3 Å². The molecule has 2 aromatic heterocycles. The van der Waals surface area contributed by atoms with Crippen molar-refractivity contribution in [3.63, 3.8) is 0 Å². The SMILES string of the molecule is O=C([C@@H]1CCCN1)N1CC[C@@H]2CN(c3ncnc4sc(CC(F)(F)F)cc34)C[C@@H]2C1. The number of fused-ring (bicyclic) bond motifs is 2. The summed E-state index contributed by atoms with van der Waals surface area (Å²) >= 11 is 1.08. The molecule has 2 aromatic rings. The molecule has 3 fully saturated rings. The van der Waals surface area contributed by atoms with Gasteiger partial charge in [-0.3, -0.25) is 4.79 Å². The number of aromatic nitrogens is 2. The highest BCUT2D eigenvalue weighted by molar-refractivity contribution is 7.18. The number of nitrogens with zero attached hydrogens (tertiary/aromatic N) is 4. The van der Waals surface area contributed by atoms with Crippen molar-refractivity contribution in [2.45, 2.75) is 37.9 Å².